The molecule has 1 nitrogen and oxygen atoms in total. The van der Waals surface area contributed by atoms with Crippen LogP contribution < -0.4 is 5.32 Å². The molecular weight excluding hydrogens is 223 g/mol. The molecule has 15 heavy (non-hydrogen) atoms. The molecule has 0 atom stereocenters. The third-order valence-electron chi connectivity index (χ3n) is 1.76. The summed E-state index contributed by atoms with van der Waals surface area (Å²) in [4.78, 5) is 0. The maximum Gasteiger partial charge on any atom is 0.182 e. The van der Waals surface area contributed by atoms with Crippen molar-refractivity contribution in [3.8, 4) is 0 Å². The van der Waals surface area contributed by atoms with E-state index in [0.29, 0.717) is 12.6 Å². The van der Waals surface area contributed by atoms with Crippen LogP contribution in [0.5, 0.6) is 0 Å². The van der Waals surface area contributed by atoms with Gasteiger partial charge in [-0.1, -0.05) is 6.92 Å². The fourth-order valence-electron chi connectivity index (χ4n) is 1.09. The molecule has 1 N–H and O–H groups in total. The fourth-order valence-corrected chi connectivity index (χ4v) is 1.62. The van der Waals surface area contributed by atoms with Gasteiger partial charge in [-0.2, -0.15) is 11.8 Å². The summed E-state index contributed by atoms with van der Waals surface area (Å²) >= 11 is 1.67. The zero-order valence-electron chi connectivity index (χ0n) is 8.32. The van der Waals surface area contributed by atoms with Gasteiger partial charge in [0.25, 0.3) is 0 Å². The summed E-state index contributed by atoms with van der Waals surface area (Å²) in [5.74, 6) is -1.24. The Kier molecular flexibility index (Phi) is 4.81. The first kappa shape index (κ1) is 12.2. The number of anilines is 1. The average molecular weight is 235 g/mol. The normalized spacial score (nSPS) is 10.4. The average Bonchev–Trinajstić information content (AvgIpc) is 2.19. The maximum atomic E-state index is 13.1. The Hall–Kier alpha value is -0.840. The molecule has 0 unspecified atom stereocenters. The summed E-state index contributed by atoms with van der Waals surface area (Å²) in [6.45, 7) is 2.49. The zero-order chi connectivity index (χ0) is 11.3. The van der Waals surface area contributed by atoms with Gasteiger partial charge >= 0.3 is 0 Å². The molecule has 0 aliphatic heterocycles. The van der Waals surface area contributed by atoms with Gasteiger partial charge in [0.2, 0.25) is 0 Å². The van der Waals surface area contributed by atoms with E-state index in [0.717, 1.165) is 17.6 Å². The van der Waals surface area contributed by atoms with E-state index in [2.05, 4.69) is 5.32 Å². The van der Waals surface area contributed by atoms with Gasteiger partial charge in [0.05, 0.1) is 5.69 Å². The molecular formula is C10H12F3NS. The van der Waals surface area contributed by atoms with E-state index >= 15 is 0 Å². The molecule has 1 rings (SSSR count). The van der Waals surface area contributed by atoms with Crippen molar-refractivity contribution in [3.05, 3.63) is 29.6 Å². The molecule has 84 valence electrons. The van der Waals surface area contributed by atoms with Crippen LogP contribution in [0, 0.1) is 17.5 Å². The third-order valence-corrected chi connectivity index (χ3v) is 2.66. The number of nitrogens with one attached hydrogen (secondary N) is 1. The number of halogens is 3. The van der Waals surface area contributed by atoms with Gasteiger partial charge < -0.3 is 5.32 Å². The molecule has 0 bridgehead atoms. The molecule has 0 saturated heterocycles. The second-order valence-electron chi connectivity index (χ2n) is 2.87. The van der Waals surface area contributed by atoms with Crippen LogP contribution in [-0.4, -0.2) is 18.1 Å². The van der Waals surface area contributed by atoms with Crippen LogP contribution in [-0.2, 0) is 0 Å². The van der Waals surface area contributed by atoms with Crippen molar-refractivity contribution in [1.29, 1.82) is 0 Å². The second-order valence-corrected chi connectivity index (χ2v) is 4.27. The predicted octanol–water partition coefficient (Wildman–Crippen LogP) is 3.27. The van der Waals surface area contributed by atoms with Crippen molar-refractivity contribution in [1.82, 2.24) is 0 Å². The van der Waals surface area contributed by atoms with E-state index in [1.54, 1.807) is 11.8 Å². The van der Waals surface area contributed by atoms with E-state index < -0.39 is 17.5 Å². The highest BCUT2D eigenvalue weighted by Gasteiger charge is 2.09. The van der Waals surface area contributed by atoms with Gasteiger partial charge in [0.15, 0.2) is 11.6 Å². The Morgan fingerprint density at radius 1 is 1.27 bits per heavy atom. The fraction of sp³-hybridized carbons (Fsp3) is 0.400. The van der Waals surface area contributed by atoms with Crippen LogP contribution >= 0.6 is 11.8 Å². The molecule has 0 saturated carbocycles. The van der Waals surface area contributed by atoms with Crippen molar-refractivity contribution >= 4 is 17.4 Å². The largest absolute Gasteiger partial charge is 0.382 e. The van der Waals surface area contributed by atoms with E-state index in [9.17, 15) is 13.2 Å². The number of benzene rings is 1. The third kappa shape index (κ3) is 3.66. The Morgan fingerprint density at radius 3 is 2.67 bits per heavy atom. The highest BCUT2D eigenvalue weighted by molar-refractivity contribution is 7.99. The minimum absolute atomic E-state index is 0.121. The Balaban J connectivity index is 2.60. The Bertz CT molecular complexity index is 331. The minimum atomic E-state index is -1.17. The van der Waals surface area contributed by atoms with Gasteiger partial charge in [-0.25, -0.2) is 13.2 Å². The van der Waals surface area contributed by atoms with E-state index in [1.165, 1.54) is 0 Å². The minimum Gasteiger partial charge on any atom is -0.382 e. The van der Waals surface area contributed by atoms with Gasteiger partial charge in [-0.3, -0.25) is 0 Å². The lowest BCUT2D eigenvalue weighted by molar-refractivity contribution is 0.497. The summed E-state index contributed by atoms with van der Waals surface area (Å²) in [6.07, 6.45) is 0. The SMILES string of the molecule is CCSCCNc1cc(F)cc(F)c1F. The second kappa shape index (κ2) is 5.90. The molecule has 5 heteroatoms. The van der Waals surface area contributed by atoms with Crippen molar-refractivity contribution in [2.24, 2.45) is 0 Å². The summed E-state index contributed by atoms with van der Waals surface area (Å²) in [7, 11) is 0. The van der Waals surface area contributed by atoms with Crippen molar-refractivity contribution < 1.29 is 13.2 Å². The topological polar surface area (TPSA) is 12.0 Å². The van der Waals surface area contributed by atoms with Gasteiger partial charge in [0, 0.05) is 24.4 Å². The van der Waals surface area contributed by atoms with E-state index in [-0.39, 0.29) is 5.69 Å². The summed E-state index contributed by atoms with van der Waals surface area (Å²) in [5.41, 5.74) is -0.121. The molecule has 0 aromatic heterocycles. The molecule has 0 aliphatic rings. The lowest BCUT2D eigenvalue weighted by atomic mass is 10.3. The predicted molar refractivity (Wildman–Crippen MR) is 57.8 cm³/mol. The van der Waals surface area contributed by atoms with Crippen molar-refractivity contribution in [2.75, 3.05) is 23.4 Å². The number of hydrogen-bond acceptors (Lipinski definition) is 2. The van der Waals surface area contributed by atoms with Gasteiger partial charge in [-0.15, -0.1) is 0 Å². The number of rotatable bonds is 5. The maximum absolute atomic E-state index is 13.1. The van der Waals surface area contributed by atoms with Crippen LogP contribution in [0.4, 0.5) is 18.9 Å². The molecule has 1 aromatic carbocycles. The van der Waals surface area contributed by atoms with Crippen LogP contribution in [0.15, 0.2) is 12.1 Å². The first-order valence-electron chi connectivity index (χ1n) is 4.61. The summed E-state index contributed by atoms with van der Waals surface area (Å²) < 4.78 is 38.6. The van der Waals surface area contributed by atoms with E-state index in [4.69, 9.17) is 0 Å². The Labute approximate surface area is 91.1 Å². The van der Waals surface area contributed by atoms with Crippen LogP contribution in [0.25, 0.3) is 0 Å². The van der Waals surface area contributed by atoms with Crippen molar-refractivity contribution in [3.63, 3.8) is 0 Å². The molecule has 0 aliphatic carbocycles. The van der Waals surface area contributed by atoms with Crippen LogP contribution in [0.2, 0.25) is 0 Å². The monoisotopic (exact) mass is 235 g/mol. The molecule has 0 spiro atoms. The highest BCUT2D eigenvalue weighted by atomic mass is 32.2. The van der Waals surface area contributed by atoms with E-state index in [1.807, 2.05) is 6.92 Å². The molecule has 0 heterocycles. The van der Waals surface area contributed by atoms with Gasteiger partial charge in [0.1, 0.15) is 5.82 Å². The highest BCUT2D eigenvalue weighted by Crippen LogP contribution is 2.18. The first-order chi connectivity index (χ1) is 7.15. The molecule has 0 amide bonds. The summed E-state index contributed by atoms with van der Waals surface area (Å²) in [6, 6.07) is 1.48. The molecule has 1 aromatic rings. The van der Waals surface area contributed by atoms with Crippen LogP contribution in [0.1, 0.15) is 6.92 Å². The lowest BCUT2D eigenvalue weighted by Gasteiger charge is -2.07. The molecule has 0 radical (unpaired) electrons. The van der Waals surface area contributed by atoms with Crippen molar-refractivity contribution in [2.45, 2.75) is 6.92 Å². The van der Waals surface area contributed by atoms with Gasteiger partial charge in [-0.05, 0) is 5.75 Å². The first-order valence-corrected chi connectivity index (χ1v) is 5.76. The zero-order valence-corrected chi connectivity index (χ0v) is 9.13. The standard InChI is InChI=1S/C10H12F3NS/c1-2-15-4-3-14-9-6-7(11)5-8(12)10(9)13/h5-6,14H,2-4H2,1H3. The lowest BCUT2D eigenvalue weighted by Crippen LogP contribution is -2.07. The Morgan fingerprint density at radius 2 is 2.00 bits per heavy atom. The quantitative estimate of drug-likeness (QED) is 0.621. The smallest absolute Gasteiger partial charge is 0.182 e. The molecule has 0 fully saturated rings. The number of hydrogen-bond donors (Lipinski definition) is 1. The van der Waals surface area contributed by atoms with Crippen LogP contribution in [0.3, 0.4) is 0 Å². The number of thioether (sulfide) groups is 1. The summed E-state index contributed by atoms with van der Waals surface area (Å²) in [5, 5.41) is 2.65.